The lowest BCUT2D eigenvalue weighted by Gasteiger charge is -2.25. The molecule has 0 saturated heterocycles. The molecule has 0 unspecified atom stereocenters. The SMILES string of the molecule is Cc1cc(C)c(N(C)c2cc(C)c(N=Nc3c(C#N)c(C(C)(C)C)nn3C)c(Nc3c(C)cc(C)c(S(=O)(=O)O)c3C)n2)c(C)c1. The van der Waals surface area contributed by atoms with Crippen LogP contribution >= 0.6 is 0 Å². The third-order valence-corrected chi connectivity index (χ3v) is 9.11. The summed E-state index contributed by atoms with van der Waals surface area (Å²) >= 11 is 0. The Balaban J connectivity index is 1.97. The number of hydrogen-bond donors (Lipinski definition) is 2. The van der Waals surface area contributed by atoms with Gasteiger partial charge in [0.25, 0.3) is 10.1 Å². The summed E-state index contributed by atoms with van der Waals surface area (Å²) in [7, 11) is -0.843. The maximum Gasteiger partial charge on any atom is 0.295 e. The minimum absolute atomic E-state index is 0.164. The van der Waals surface area contributed by atoms with E-state index < -0.39 is 10.1 Å². The van der Waals surface area contributed by atoms with Gasteiger partial charge >= 0.3 is 0 Å². The van der Waals surface area contributed by atoms with Gasteiger partial charge in [0, 0.05) is 30.9 Å². The number of aryl methyl sites for hydroxylation is 7. The van der Waals surface area contributed by atoms with Gasteiger partial charge in [0.05, 0.1) is 5.69 Å². The van der Waals surface area contributed by atoms with E-state index in [0.29, 0.717) is 51.2 Å². The number of nitrogens with one attached hydrogen (secondary N) is 1. The highest BCUT2D eigenvalue weighted by atomic mass is 32.2. The highest BCUT2D eigenvalue weighted by molar-refractivity contribution is 7.86. The van der Waals surface area contributed by atoms with Crippen molar-refractivity contribution in [1.29, 1.82) is 5.26 Å². The van der Waals surface area contributed by atoms with Gasteiger partial charge in [-0.15, -0.1) is 10.2 Å². The summed E-state index contributed by atoms with van der Waals surface area (Å²) in [6, 6.07) is 10.1. The first-order valence-electron chi connectivity index (χ1n) is 14.8. The standard InChI is InChI=1S/C34H42N8O3S/c1-18-13-21(4)29(22(5)14-18)41(11)26-16-20(3)28(38-39-33-25(17-35)31(34(8,9)10)40-42(33)12)32(36-26)37-27-19(2)15-23(6)30(24(27)7)46(43,44)45/h13-16H,1-12H3,(H,36,37)(H,43,44,45). The van der Waals surface area contributed by atoms with Crippen LogP contribution in [0, 0.1) is 59.8 Å². The smallest absolute Gasteiger partial charge is 0.295 e. The first kappa shape index (κ1) is 34.3. The van der Waals surface area contributed by atoms with E-state index in [-0.39, 0.29) is 10.3 Å². The predicted octanol–water partition coefficient (Wildman–Crippen LogP) is 8.32. The van der Waals surface area contributed by atoms with E-state index in [1.54, 1.807) is 27.0 Å². The molecule has 0 spiro atoms. The third-order valence-electron chi connectivity index (χ3n) is 7.97. The molecule has 0 amide bonds. The maximum absolute atomic E-state index is 12.4. The number of nitrogens with zero attached hydrogens (tertiary/aromatic N) is 7. The summed E-state index contributed by atoms with van der Waals surface area (Å²) in [6.45, 7) is 19.1. The summed E-state index contributed by atoms with van der Waals surface area (Å²) in [5.41, 5.74) is 8.06. The first-order chi connectivity index (χ1) is 21.3. The number of pyridine rings is 1. The number of rotatable bonds is 7. The van der Waals surface area contributed by atoms with Crippen molar-refractivity contribution in [2.75, 3.05) is 17.3 Å². The van der Waals surface area contributed by atoms with Crippen molar-refractivity contribution >= 4 is 44.6 Å². The Morgan fingerprint density at radius 2 is 1.54 bits per heavy atom. The molecule has 4 rings (SSSR count). The third kappa shape index (κ3) is 6.52. The quantitative estimate of drug-likeness (QED) is 0.151. The van der Waals surface area contributed by atoms with Crippen molar-refractivity contribution < 1.29 is 13.0 Å². The predicted molar refractivity (Wildman–Crippen MR) is 182 cm³/mol. The largest absolute Gasteiger partial charge is 0.338 e. The van der Waals surface area contributed by atoms with Crippen LogP contribution < -0.4 is 10.2 Å². The monoisotopic (exact) mass is 642 g/mol. The van der Waals surface area contributed by atoms with Crippen LogP contribution in [0.4, 0.5) is 34.5 Å². The molecule has 12 heteroatoms. The first-order valence-corrected chi connectivity index (χ1v) is 16.3. The van der Waals surface area contributed by atoms with Crippen molar-refractivity contribution in [3.05, 3.63) is 74.5 Å². The molecule has 0 atom stereocenters. The van der Waals surface area contributed by atoms with Crippen molar-refractivity contribution in [2.24, 2.45) is 17.3 Å². The molecule has 0 fully saturated rings. The average molecular weight is 643 g/mol. The van der Waals surface area contributed by atoms with Crippen molar-refractivity contribution in [3.8, 4) is 6.07 Å². The zero-order valence-electron chi connectivity index (χ0n) is 28.6. The minimum Gasteiger partial charge on any atom is -0.338 e. The van der Waals surface area contributed by atoms with Gasteiger partial charge in [-0.2, -0.15) is 18.8 Å². The number of azo groups is 1. The Labute approximate surface area is 271 Å². The van der Waals surface area contributed by atoms with Gasteiger partial charge in [0.15, 0.2) is 11.6 Å². The van der Waals surface area contributed by atoms with E-state index in [1.807, 2.05) is 52.6 Å². The molecular weight excluding hydrogens is 600 g/mol. The molecule has 0 aliphatic heterocycles. The van der Waals surface area contributed by atoms with E-state index in [2.05, 4.69) is 59.6 Å². The molecular formula is C34H42N8O3S. The Kier molecular flexibility index (Phi) is 9.17. The second-order valence-electron chi connectivity index (χ2n) is 13.0. The van der Waals surface area contributed by atoms with Crippen LogP contribution in [0.15, 0.2) is 39.4 Å². The number of benzene rings is 2. The van der Waals surface area contributed by atoms with E-state index in [1.165, 1.54) is 4.68 Å². The summed E-state index contributed by atoms with van der Waals surface area (Å²) < 4.78 is 36.3. The highest BCUT2D eigenvalue weighted by Crippen LogP contribution is 2.40. The lowest BCUT2D eigenvalue weighted by Crippen LogP contribution is -2.15. The number of hydrogen-bond acceptors (Lipinski definition) is 9. The number of aromatic nitrogens is 3. The molecule has 242 valence electrons. The number of nitriles is 1. The molecule has 0 aliphatic rings. The van der Waals surface area contributed by atoms with Crippen LogP contribution in [0.25, 0.3) is 0 Å². The van der Waals surface area contributed by atoms with Crippen LogP contribution in [-0.2, 0) is 22.6 Å². The maximum atomic E-state index is 12.4. The Hall–Kier alpha value is -4.60. The molecule has 0 bridgehead atoms. The lowest BCUT2D eigenvalue weighted by molar-refractivity contribution is 0.482. The highest BCUT2D eigenvalue weighted by Gasteiger charge is 2.27. The van der Waals surface area contributed by atoms with Crippen LogP contribution in [0.1, 0.15) is 71.0 Å². The fourth-order valence-electron chi connectivity index (χ4n) is 6.08. The fraction of sp³-hybridized carbons (Fsp3) is 0.382. The Morgan fingerprint density at radius 1 is 0.935 bits per heavy atom. The van der Waals surface area contributed by atoms with Crippen LogP contribution in [-0.4, -0.2) is 34.8 Å². The summed E-state index contributed by atoms with van der Waals surface area (Å²) in [4.78, 5) is 6.83. The Morgan fingerprint density at radius 3 is 2.09 bits per heavy atom. The van der Waals surface area contributed by atoms with Crippen LogP contribution in [0.5, 0.6) is 0 Å². The zero-order chi connectivity index (χ0) is 34.5. The lowest BCUT2D eigenvalue weighted by atomic mass is 9.90. The fourth-order valence-corrected chi connectivity index (χ4v) is 7.03. The van der Waals surface area contributed by atoms with Gasteiger partial charge < -0.3 is 10.2 Å². The van der Waals surface area contributed by atoms with E-state index >= 15 is 0 Å². The summed E-state index contributed by atoms with van der Waals surface area (Å²) in [6.07, 6.45) is 0. The topological polar surface area (TPSA) is 149 Å². The molecule has 2 heterocycles. The van der Waals surface area contributed by atoms with Gasteiger partial charge in [-0.1, -0.05) is 44.5 Å². The van der Waals surface area contributed by atoms with Gasteiger partial charge in [0.1, 0.15) is 28.0 Å². The van der Waals surface area contributed by atoms with Gasteiger partial charge in [0.2, 0.25) is 0 Å². The molecule has 46 heavy (non-hydrogen) atoms. The molecule has 2 aromatic carbocycles. The molecule has 0 aliphatic carbocycles. The molecule has 4 aromatic rings. The van der Waals surface area contributed by atoms with Gasteiger partial charge in [-0.3, -0.25) is 4.55 Å². The van der Waals surface area contributed by atoms with Gasteiger partial charge in [-0.25, -0.2) is 9.67 Å². The molecule has 0 radical (unpaired) electrons. The van der Waals surface area contributed by atoms with E-state index in [9.17, 15) is 18.2 Å². The number of anilines is 4. The summed E-state index contributed by atoms with van der Waals surface area (Å²) in [5.74, 6) is 1.25. The van der Waals surface area contributed by atoms with Crippen molar-refractivity contribution in [1.82, 2.24) is 14.8 Å². The van der Waals surface area contributed by atoms with Crippen molar-refractivity contribution in [2.45, 2.75) is 79.5 Å². The average Bonchev–Trinajstić information content (AvgIpc) is 3.24. The zero-order valence-corrected chi connectivity index (χ0v) is 29.4. The van der Waals surface area contributed by atoms with Crippen LogP contribution in [0.2, 0.25) is 0 Å². The molecule has 2 aromatic heterocycles. The second-order valence-corrected chi connectivity index (χ2v) is 14.3. The molecule has 11 nitrogen and oxygen atoms in total. The van der Waals surface area contributed by atoms with Crippen LogP contribution in [0.3, 0.4) is 0 Å². The van der Waals surface area contributed by atoms with E-state index in [0.717, 1.165) is 33.5 Å². The normalized spacial score (nSPS) is 12.1. The van der Waals surface area contributed by atoms with E-state index in [4.69, 9.17) is 4.98 Å². The molecule has 2 N–H and O–H groups in total. The minimum atomic E-state index is -4.50. The van der Waals surface area contributed by atoms with Crippen molar-refractivity contribution in [3.63, 3.8) is 0 Å². The summed E-state index contributed by atoms with van der Waals surface area (Å²) in [5, 5.41) is 27.0. The van der Waals surface area contributed by atoms with Gasteiger partial charge in [-0.05, 0) is 87.9 Å². The molecule has 0 saturated carbocycles. The second kappa shape index (κ2) is 12.3. The Bertz CT molecular complexity index is 2030.